The van der Waals surface area contributed by atoms with Gasteiger partial charge in [-0.05, 0) is 116 Å². The van der Waals surface area contributed by atoms with Crippen molar-refractivity contribution in [3.8, 4) is 55.9 Å². The molecule has 0 N–H and O–H groups in total. The Morgan fingerprint density at radius 2 is 0.725 bits per heavy atom. The van der Waals surface area contributed by atoms with E-state index in [-0.39, 0.29) is 0 Å². The van der Waals surface area contributed by atoms with E-state index in [4.69, 9.17) is 0 Å². The first kappa shape index (κ1) is 39.2. The number of para-hydroxylation sites is 2. The number of benzene rings is 11. The third-order valence-electron chi connectivity index (χ3n) is 14.8. The zero-order valence-corrected chi connectivity index (χ0v) is 37.8. The highest BCUT2D eigenvalue weighted by atomic mass is 15.0. The van der Waals surface area contributed by atoms with Crippen LogP contribution in [-0.2, 0) is 5.41 Å². The quantitative estimate of drug-likeness (QED) is 0.151. The maximum Gasteiger partial charge on any atom is 0.0714 e. The van der Waals surface area contributed by atoms with Crippen molar-refractivity contribution >= 4 is 43.6 Å². The Kier molecular flexibility index (Phi) is 8.84. The maximum absolute atomic E-state index is 2.52. The van der Waals surface area contributed by atoms with Crippen molar-refractivity contribution in [1.82, 2.24) is 9.13 Å². The molecule has 0 aliphatic heterocycles. The first-order valence-electron chi connectivity index (χ1n) is 23.9. The second-order valence-electron chi connectivity index (χ2n) is 18.4. The molecule has 69 heavy (non-hydrogen) atoms. The van der Waals surface area contributed by atoms with Gasteiger partial charge in [-0.2, -0.15) is 0 Å². The van der Waals surface area contributed by atoms with E-state index >= 15 is 0 Å². The minimum atomic E-state index is -0.499. The monoisotopic (exact) mass is 876 g/mol. The van der Waals surface area contributed by atoms with Gasteiger partial charge in [0.2, 0.25) is 0 Å². The number of hydrogen-bond donors (Lipinski definition) is 0. The van der Waals surface area contributed by atoms with Crippen molar-refractivity contribution in [3.05, 3.63) is 289 Å². The molecule has 0 saturated heterocycles. The highest BCUT2D eigenvalue weighted by Crippen LogP contribution is 2.59. The van der Waals surface area contributed by atoms with Crippen LogP contribution in [0.2, 0.25) is 0 Å². The van der Waals surface area contributed by atoms with Crippen LogP contribution in [0, 0.1) is 0 Å². The van der Waals surface area contributed by atoms with E-state index in [1.165, 1.54) is 110 Å². The van der Waals surface area contributed by atoms with E-state index in [0.29, 0.717) is 0 Å². The average Bonchev–Trinajstić information content (AvgIpc) is 4.06. The normalized spacial score (nSPS) is 12.8. The van der Waals surface area contributed by atoms with Crippen LogP contribution in [-0.4, -0.2) is 9.13 Å². The third-order valence-corrected chi connectivity index (χ3v) is 14.8. The van der Waals surface area contributed by atoms with Gasteiger partial charge in [0.05, 0.1) is 27.5 Å². The predicted molar refractivity (Wildman–Crippen MR) is 289 cm³/mol. The van der Waals surface area contributed by atoms with Gasteiger partial charge in [0.1, 0.15) is 0 Å². The molecule has 0 amide bonds. The Labute approximate surface area is 401 Å². The summed E-state index contributed by atoms with van der Waals surface area (Å²) in [6, 6.07) is 98.5. The second kappa shape index (κ2) is 15.6. The molecule has 0 spiro atoms. The van der Waals surface area contributed by atoms with E-state index < -0.39 is 5.41 Å². The fraction of sp³-hybridized carbons (Fsp3) is 0.0149. The minimum Gasteiger partial charge on any atom is -0.309 e. The summed E-state index contributed by atoms with van der Waals surface area (Å²) in [5.74, 6) is 0. The van der Waals surface area contributed by atoms with Gasteiger partial charge in [-0.25, -0.2) is 0 Å². The molecule has 1 aliphatic carbocycles. The Morgan fingerprint density at radius 1 is 0.261 bits per heavy atom. The highest BCUT2D eigenvalue weighted by molar-refractivity contribution is 6.18. The van der Waals surface area contributed by atoms with Gasteiger partial charge in [-0.15, -0.1) is 0 Å². The molecular formula is C67H44N2. The van der Waals surface area contributed by atoms with Crippen molar-refractivity contribution in [1.29, 1.82) is 0 Å². The minimum absolute atomic E-state index is 0.499. The summed E-state index contributed by atoms with van der Waals surface area (Å²) >= 11 is 0. The maximum atomic E-state index is 2.52. The first-order chi connectivity index (χ1) is 34.3. The van der Waals surface area contributed by atoms with Crippen LogP contribution in [0.3, 0.4) is 0 Å². The smallest absolute Gasteiger partial charge is 0.0714 e. The predicted octanol–water partition coefficient (Wildman–Crippen LogP) is 17.2. The summed E-state index contributed by atoms with van der Waals surface area (Å²) in [6.45, 7) is 0. The van der Waals surface area contributed by atoms with E-state index in [2.05, 4.69) is 276 Å². The van der Waals surface area contributed by atoms with E-state index in [1.807, 2.05) is 0 Å². The van der Waals surface area contributed by atoms with Crippen LogP contribution in [0.4, 0.5) is 0 Å². The summed E-state index contributed by atoms with van der Waals surface area (Å²) < 4.78 is 4.98. The third kappa shape index (κ3) is 5.86. The standard InChI is InChI=1S/C67H44N2/c1-7-21-45(22-8-1)49-43-56(46-23-9-2-10-24-46)65-59(44-49)58-42-48(36-40-63(58)68(65)52-29-15-5-16-30-52)47-35-39-62-57(41-47)54-37-38-61-64(66(54)69(62)53-31-17-6-18-32-53)55-33-19-20-34-60(55)67(61,50-25-11-3-12-26-50)51-27-13-4-14-28-51/h1-44H. The SMILES string of the molecule is c1ccc(-c2cc(-c3ccccc3)c3c(c2)c2cc(-c4ccc5c(c4)c4ccc6c(c4n5-c4ccccc4)-c4ccccc4C6(c4ccccc4)c4ccccc4)ccc2n3-c2ccccc2)cc1. The summed E-state index contributed by atoms with van der Waals surface area (Å²) in [5.41, 5.74) is 21.5. The zero-order chi connectivity index (χ0) is 45.5. The molecule has 1 aliphatic rings. The van der Waals surface area contributed by atoms with Gasteiger partial charge < -0.3 is 9.13 Å². The topological polar surface area (TPSA) is 9.86 Å². The zero-order valence-electron chi connectivity index (χ0n) is 37.8. The first-order valence-corrected chi connectivity index (χ1v) is 23.9. The van der Waals surface area contributed by atoms with Gasteiger partial charge in [0.25, 0.3) is 0 Å². The van der Waals surface area contributed by atoms with Crippen LogP contribution in [0.15, 0.2) is 267 Å². The summed E-state index contributed by atoms with van der Waals surface area (Å²) in [6.07, 6.45) is 0. The molecule has 0 saturated carbocycles. The molecule has 0 atom stereocenters. The molecule has 0 fully saturated rings. The van der Waals surface area contributed by atoms with Crippen molar-refractivity contribution in [3.63, 3.8) is 0 Å². The fourth-order valence-corrected chi connectivity index (χ4v) is 11.9. The van der Waals surface area contributed by atoms with Crippen molar-refractivity contribution in [2.24, 2.45) is 0 Å². The number of rotatable bonds is 7. The molecule has 2 nitrogen and oxygen atoms in total. The molecule has 14 rings (SSSR count). The Hall–Kier alpha value is -8.98. The molecule has 0 radical (unpaired) electrons. The van der Waals surface area contributed by atoms with E-state index in [1.54, 1.807) is 0 Å². The molecule has 2 aromatic heterocycles. The molecule has 2 heteroatoms. The number of aromatic nitrogens is 2. The molecule has 11 aromatic carbocycles. The van der Waals surface area contributed by atoms with Crippen LogP contribution < -0.4 is 0 Å². The van der Waals surface area contributed by atoms with Gasteiger partial charge in [-0.3, -0.25) is 0 Å². The van der Waals surface area contributed by atoms with Gasteiger partial charge in [0, 0.05) is 44.0 Å². The van der Waals surface area contributed by atoms with Gasteiger partial charge >= 0.3 is 0 Å². The number of hydrogen-bond acceptors (Lipinski definition) is 0. The Bertz CT molecular complexity index is 4040. The lowest BCUT2D eigenvalue weighted by Gasteiger charge is -2.33. The van der Waals surface area contributed by atoms with Crippen molar-refractivity contribution in [2.75, 3.05) is 0 Å². The molecular weight excluding hydrogens is 833 g/mol. The summed E-state index contributed by atoms with van der Waals surface area (Å²) in [5, 5.41) is 4.92. The van der Waals surface area contributed by atoms with Crippen LogP contribution in [0.1, 0.15) is 22.3 Å². The average molecular weight is 877 g/mol. The Balaban J connectivity index is 1.04. The lowest BCUT2D eigenvalue weighted by Crippen LogP contribution is -2.28. The molecule has 13 aromatic rings. The second-order valence-corrected chi connectivity index (χ2v) is 18.4. The van der Waals surface area contributed by atoms with Gasteiger partial charge in [0.15, 0.2) is 0 Å². The summed E-state index contributed by atoms with van der Waals surface area (Å²) in [4.78, 5) is 0. The fourth-order valence-electron chi connectivity index (χ4n) is 11.9. The van der Waals surface area contributed by atoms with Crippen LogP contribution in [0.5, 0.6) is 0 Å². The van der Waals surface area contributed by atoms with Crippen molar-refractivity contribution < 1.29 is 0 Å². The lowest BCUT2D eigenvalue weighted by atomic mass is 9.67. The molecule has 2 heterocycles. The van der Waals surface area contributed by atoms with Crippen LogP contribution in [0.25, 0.3) is 99.5 Å². The highest BCUT2D eigenvalue weighted by Gasteiger charge is 2.47. The molecule has 0 unspecified atom stereocenters. The van der Waals surface area contributed by atoms with Crippen molar-refractivity contribution in [2.45, 2.75) is 5.41 Å². The Morgan fingerprint density at radius 3 is 1.30 bits per heavy atom. The van der Waals surface area contributed by atoms with Crippen LogP contribution >= 0.6 is 0 Å². The van der Waals surface area contributed by atoms with E-state index in [9.17, 15) is 0 Å². The molecule has 0 bridgehead atoms. The lowest BCUT2D eigenvalue weighted by molar-refractivity contribution is 0.769. The van der Waals surface area contributed by atoms with E-state index in [0.717, 1.165) is 11.4 Å². The van der Waals surface area contributed by atoms with Gasteiger partial charge in [-0.1, -0.05) is 206 Å². The number of fused-ring (bicyclic) bond motifs is 10. The number of nitrogens with zero attached hydrogens (tertiary/aromatic N) is 2. The summed E-state index contributed by atoms with van der Waals surface area (Å²) in [7, 11) is 0. The largest absolute Gasteiger partial charge is 0.309 e. The molecule has 322 valence electrons.